The molecule has 0 amide bonds. The number of hydrogen-bond donors (Lipinski definition) is 1. The summed E-state index contributed by atoms with van der Waals surface area (Å²) >= 11 is 0. The molecule has 0 aliphatic carbocycles. The fraction of sp³-hybridized carbons (Fsp3) is 0.200. The molecule has 0 bridgehead atoms. The second-order valence-corrected chi connectivity index (χ2v) is 4.01. The highest BCUT2D eigenvalue weighted by molar-refractivity contribution is 5.59. The lowest BCUT2D eigenvalue weighted by molar-refractivity contribution is 0.404. The van der Waals surface area contributed by atoms with E-state index < -0.39 is 0 Å². The third-order valence-corrected chi connectivity index (χ3v) is 2.83. The van der Waals surface area contributed by atoms with E-state index in [4.69, 9.17) is 9.47 Å². The van der Waals surface area contributed by atoms with Gasteiger partial charge in [-0.3, -0.25) is 0 Å². The normalized spacial score (nSPS) is 10.1. The number of methoxy groups -OCH3 is 2. The zero-order chi connectivity index (χ0) is 13.7. The summed E-state index contributed by atoms with van der Waals surface area (Å²) in [7, 11) is 3.19. The predicted molar refractivity (Wildman–Crippen MR) is 73.3 cm³/mol. The Morgan fingerprint density at radius 2 is 1.84 bits per heavy atom. The van der Waals surface area contributed by atoms with Gasteiger partial charge in [0.2, 0.25) is 0 Å². The molecule has 0 spiro atoms. The van der Waals surface area contributed by atoms with E-state index in [1.165, 1.54) is 6.07 Å². The average Bonchev–Trinajstić information content (AvgIpc) is 2.46. The molecule has 2 aromatic rings. The van der Waals surface area contributed by atoms with E-state index in [0.717, 1.165) is 11.4 Å². The minimum Gasteiger partial charge on any atom is -0.497 e. The zero-order valence-electron chi connectivity index (χ0n) is 10.9. The van der Waals surface area contributed by atoms with Crippen molar-refractivity contribution in [2.75, 3.05) is 19.5 Å². The Balaban J connectivity index is 2.16. The van der Waals surface area contributed by atoms with Gasteiger partial charge in [0.1, 0.15) is 17.3 Å². The highest BCUT2D eigenvalue weighted by Crippen LogP contribution is 2.29. The third kappa shape index (κ3) is 3.16. The van der Waals surface area contributed by atoms with E-state index in [9.17, 15) is 4.39 Å². The average molecular weight is 261 g/mol. The van der Waals surface area contributed by atoms with Gasteiger partial charge in [0.05, 0.1) is 19.9 Å². The Labute approximate surface area is 112 Å². The second kappa shape index (κ2) is 6.09. The lowest BCUT2D eigenvalue weighted by Crippen LogP contribution is -2.03. The zero-order valence-corrected chi connectivity index (χ0v) is 10.9. The maximum absolute atomic E-state index is 13.5. The maximum Gasteiger partial charge on any atom is 0.142 e. The van der Waals surface area contributed by atoms with Gasteiger partial charge in [0.15, 0.2) is 0 Å². The number of hydrogen-bond acceptors (Lipinski definition) is 3. The summed E-state index contributed by atoms with van der Waals surface area (Å²) in [4.78, 5) is 0. The van der Waals surface area contributed by atoms with Crippen LogP contribution in [0.3, 0.4) is 0 Å². The summed E-state index contributed by atoms with van der Waals surface area (Å²) in [5.41, 5.74) is 1.37. The van der Waals surface area contributed by atoms with Crippen LogP contribution in [0.15, 0.2) is 42.5 Å². The first-order valence-corrected chi connectivity index (χ1v) is 5.94. The molecule has 0 aliphatic rings. The molecule has 2 aromatic carbocycles. The molecule has 0 atom stereocenters. The van der Waals surface area contributed by atoms with Crippen LogP contribution in [-0.2, 0) is 6.54 Å². The fourth-order valence-electron chi connectivity index (χ4n) is 1.78. The van der Waals surface area contributed by atoms with E-state index in [1.807, 2.05) is 24.3 Å². The van der Waals surface area contributed by atoms with Crippen molar-refractivity contribution in [1.29, 1.82) is 0 Å². The van der Waals surface area contributed by atoms with Crippen molar-refractivity contribution in [3.05, 3.63) is 53.8 Å². The van der Waals surface area contributed by atoms with Crippen molar-refractivity contribution in [3.8, 4) is 11.5 Å². The van der Waals surface area contributed by atoms with Gasteiger partial charge < -0.3 is 14.8 Å². The number of benzene rings is 2. The Hall–Kier alpha value is -2.23. The number of rotatable bonds is 5. The smallest absolute Gasteiger partial charge is 0.142 e. The van der Waals surface area contributed by atoms with Gasteiger partial charge >= 0.3 is 0 Å². The molecule has 0 saturated carbocycles. The first-order chi connectivity index (χ1) is 9.24. The summed E-state index contributed by atoms with van der Waals surface area (Å²) in [6.45, 7) is 0.385. The van der Waals surface area contributed by atoms with Crippen LogP contribution in [0, 0.1) is 5.82 Å². The Morgan fingerprint density at radius 1 is 1.05 bits per heavy atom. The highest BCUT2D eigenvalue weighted by atomic mass is 19.1. The molecule has 1 N–H and O–H groups in total. The summed E-state index contributed by atoms with van der Waals surface area (Å²) in [5, 5.41) is 3.15. The van der Waals surface area contributed by atoms with E-state index in [-0.39, 0.29) is 5.82 Å². The molecule has 100 valence electrons. The van der Waals surface area contributed by atoms with Crippen molar-refractivity contribution in [3.63, 3.8) is 0 Å². The van der Waals surface area contributed by atoms with Crippen molar-refractivity contribution >= 4 is 5.69 Å². The van der Waals surface area contributed by atoms with Gasteiger partial charge in [-0.15, -0.1) is 0 Å². The Kier molecular flexibility index (Phi) is 4.23. The summed E-state index contributed by atoms with van der Waals surface area (Å²) in [5.74, 6) is 1.19. The summed E-state index contributed by atoms with van der Waals surface area (Å²) in [6.07, 6.45) is 0. The minimum absolute atomic E-state index is 0.225. The molecule has 0 fully saturated rings. The standard InChI is InChI=1S/C15H16FNO2/c1-18-12-7-8-15(19-2)14(9-12)17-10-11-5-3-4-6-13(11)16/h3-9,17H,10H2,1-2H3. The molecule has 0 aliphatic heterocycles. The van der Waals surface area contributed by atoms with Crippen LogP contribution in [0.4, 0.5) is 10.1 Å². The monoisotopic (exact) mass is 261 g/mol. The molecular formula is C15H16FNO2. The van der Waals surface area contributed by atoms with Gasteiger partial charge in [-0.05, 0) is 18.2 Å². The summed E-state index contributed by atoms with van der Waals surface area (Å²) in [6, 6.07) is 12.1. The van der Waals surface area contributed by atoms with Crippen LogP contribution < -0.4 is 14.8 Å². The summed E-state index contributed by atoms with van der Waals surface area (Å²) < 4.78 is 23.9. The van der Waals surface area contributed by atoms with E-state index in [0.29, 0.717) is 17.9 Å². The van der Waals surface area contributed by atoms with E-state index in [2.05, 4.69) is 5.32 Å². The molecule has 0 unspecified atom stereocenters. The van der Waals surface area contributed by atoms with Crippen molar-refractivity contribution < 1.29 is 13.9 Å². The van der Waals surface area contributed by atoms with Gasteiger partial charge in [0.25, 0.3) is 0 Å². The molecule has 2 rings (SSSR count). The van der Waals surface area contributed by atoms with Gasteiger partial charge in [-0.25, -0.2) is 4.39 Å². The number of halogens is 1. The van der Waals surface area contributed by atoms with Crippen molar-refractivity contribution in [1.82, 2.24) is 0 Å². The van der Waals surface area contributed by atoms with Crippen LogP contribution in [-0.4, -0.2) is 14.2 Å². The number of anilines is 1. The topological polar surface area (TPSA) is 30.5 Å². The molecule has 0 heterocycles. The quantitative estimate of drug-likeness (QED) is 0.894. The van der Waals surface area contributed by atoms with Crippen LogP contribution >= 0.6 is 0 Å². The number of nitrogens with one attached hydrogen (secondary N) is 1. The van der Waals surface area contributed by atoms with Gasteiger partial charge in [0, 0.05) is 18.2 Å². The second-order valence-electron chi connectivity index (χ2n) is 4.01. The van der Waals surface area contributed by atoms with Crippen LogP contribution in [0.25, 0.3) is 0 Å². The largest absolute Gasteiger partial charge is 0.497 e. The first-order valence-electron chi connectivity index (χ1n) is 5.94. The minimum atomic E-state index is -0.225. The van der Waals surface area contributed by atoms with Gasteiger partial charge in [-0.1, -0.05) is 18.2 Å². The molecule has 3 nitrogen and oxygen atoms in total. The Bertz CT molecular complexity index is 558. The first kappa shape index (κ1) is 13.2. The molecule has 19 heavy (non-hydrogen) atoms. The number of ether oxygens (including phenoxy) is 2. The maximum atomic E-state index is 13.5. The van der Waals surface area contributed by atoms with Crippen LogP contribution in [0.2, 0.25) is 0 Å². The fourth-order valence-corrected chi connectivity index (χ4v) is 1.78. The lowest BCUT2D eigenvalue weighted by atomic mass is 10.2. The van der Waals surface area contributed by atoms with Crippen LogP contribution in [0.1, 0.15) is 5.56 Å². The Morgan fingerprint density at radius 3 is 2.53 bits per heavy atom. The predicted octanol–water partition coefficient (Wildman–Crippen LogP) is 3.46. The van der Waals surface area contributed by atoms with Crippen molar-refractivity contribution in [2.24, 2.45) is 0 Å². The molecule has 0 aromatic heterocycles. The van der Waals surface area contributed by atoms with Crippen LogP contribution in [0.5, 0.6) is 11.5 Å². The van der Waals surface area contributed by atoms with Crippen molar-refractivity contribution in [2.45, 2.75) is 6.54 Å². The van der Waals surface area contributed by atoms with E-state index in [1.54, 1.807) is 26.4 Å². The molecule has 4 heteroatoms. The molecule has 0 saturated heterocycles. The molecular weight excluding hydrogens is 245 g/mol. The highest BCUT2D eigenvalue weighted by Gasteiger charge is 2.06. The third-order valence-electron chi connectivity index (χ3n) is 2.83. The van der Waals surface area contributed by atoms with Gasteiger partial charge in [-0.2, -0.15) is 0 Å². The molecule has 0 radical (unpaired) electrons. The SMILES string of the molecule is COc1ccc(OC)c(NCc2ccccc2F)c1. The van der Waals surface area contributed by atoms with E-state index >= 15 is 0 Å². The lowest BCUT2D eigenvalue weighted by Gasteiger charge is -2.13.